The monoisotopic (exact) mass is 300 g/mol. The summed E-state index contributed by atoms with van der Waals surface area (Å²) >= 11 is 5.70. The number of halogens is 2. The van der Waals surface area contributed by atoms with Crippen LogP contribution in [0.5, 0.6) is 0 Å². The molecule has 0 heterocycles. The molecule has 0 spiro atoms. The lowest BCUT2D eigenvalue weighted by Crippen LogP contribution is -2.21. The first kappa shape index (κ1) is 15.0. The number of nitrogens with zero attached hydrogens (tertiary/aromatic N) is 1. The van der Waals surface area contributed by atoms with Crippen molar-refractivity contribution in [2.45, 2.75) is 32.6 Å². The molecule has 1 aromatic rings. The van der Waals surface area contributed by atoms with Crippen LogP contribution < -0.4 is 5.32 Å². The Labute approximate surface area is 122 Å². The molecule has 2 atom stereocenters. The molecule has 1 fully saturated rings. The highest BCUT2D eigenvalue weighted by molar-refractivity contribution is 6.31. The molecule has 4 nitrogen and oxygen atoms in total. The summed E-state index contributed by atoms with van der Waals surface area (Å²) in [7, 11) is 0. The molecule has 0 saturated heterocycles. The van der Waals surface area contributed by atoms with Gasteiger partial charge in [-0.05, 0) is 30.7 Å². The second kappa shape index (κ2) is 6.39. The minimum atomic E-state index is -0.768. The molecule has 1 saturated carbocycles. The first-order chi connectivity index (χ1) is 9.47. The van der Waals surface area contributed by atoms with E-state index in [0.717, 1.165) is 18.9 Å². The van der Waals surface area contributed by atoms with Crippen LogP contribution in [-0.2, 0) is 0 Å². The molecule has 0 amide bonds. The molecule has 1 aliphatic carbocycles. The fourth-order valence-corrected chi connectivity index (χ4v) is 2.99. The number of nitrogens with one attached hydrogen (secondary N) is 1. The minimum Gasteiger partial charge on any atom is -0.379 e. The van der Waals surface area contributed by atoms with Crippen molar-refractivity contribution in [1.29, 1.82) is 0 Å². The van der Waals surface area contributed by atoms with Crippen molar-refractivity contribution in [3.05, 3.63) is 33.1 Å². The summed E-state index contributed by atoms with van der Waals surface area (Å²) < 4.78 is 13.3. The lowest BCUT2D eigenvalue weighted by Gasteiger charge is -2.27. The first-order valence-corrected chi connectivity index (χ1v) is 7.22. The average molecular weight is 301 g/mol. The molecule has 1 N–H and O–H groups in total. The lowest BCUT2D eigenvalue weighted by atomic mass is 9.82. The van der Waals surface area contributed by atoms with Gasteiger partial charge < -0.3 is 5.32 Å². The van der Waals surface area contributed by atoms with E-state index in [1.807, 2.05) is 0 Å². The maximum atomic E-state index is 13.3. The molecule has 0 bridgehead atoms. The van der Waals surface area contributed by atoms with Gasteiger partial charge in [-0.15, -0.1) is 0 Å². The van der Waals surface area contributed by atoms with Gasteiger partial charge in [-0.1, -0.05) is 31.4 Å². The van der Waals surface area contributed by atoms with Gasteiger partial charge in [0.15, 0.2) is 0 Å². The van der Waals surface area contributed by atoms with Gasteiger partial charge in [0.05, 0.1) is 16.0 Å². The SMILES string of the molecule is CC1CCCC(CNc2cc(Cl)c(F)cc2[N+](=O)[O-])C1. The third-order valence-electron chi connectivity index (χ3n) is 3.86. The highest BCUT2D eigenvalue weighted by atomic mass is 35.5. The predicted molar refractivity (Wildman–Crippen MR) is 77.7 cm³/mol. The maximum Gasteiger partial charge on any atom is 0.295 e. The summed E-state index contributed by atoms with van der Waals surface area (Å²) in [5.41, 5.74) is 0.0235. The Morgan fingerprint density at radius 3 is 2.90 bits per heavy atom. The first-order valence-electron chi connectivity index (χ1n) is 6.84. The van der Waals surface area contributed by atoms with Crippen molar-refractivity contribution in [3.63, 3.8) is 0 Å². The molecule has 0 radical (unpaired) electrons. The van der Waals surface area contributed by atoms with Crippen LogP contribution in [0, 0.1) is 27.8 Å². The van der Waals surface area contributed by atoms with Gasteiger partial charge in [-0.25, -0.2) is 4.39 Å². The van der Waals surface area contributed by atoms with Crippen molar-refractivity contribution in [2.24, 2.45) is 11.8 Å². The van der Waals surface area contributed by atoms with Gasteiger partial charge in [0.1, 0.15) is 11.5 Å². The Kier molecular flexibility index (Phi) is 4.81. The van der Waals surface area contributed by atoms with Crippen molar-refractivity contribution in [2.75, 3.05) is 11.9 Å². The van der Waals surface area contributed by atoms with Crippen LogP contribution in [-0.4, -0.2) is 11.5 Å². The van der Waals surface area contributed by atoms with Gasteiger partial charge in [-0.2, -0.15) is 0 Å². The van der Waals surface area contributed by atoms with E-state index in [1.54, 1.807) is 0 Å². The van der Waals surface area contributed by atoms with Crippen LogP contribution in [0.15, 0.2) is 12.1 Å². The second-order valence-corrected chi connectivity index (χ2v) is 5.97. The summed E-state index contributed by atoms with van der Waals surface area (Å²) in [6, 6.07) is 2.16. The van der Waals surface area contributed by atoms with Crippen LogP contribution in [0.25, 0.3) is 0 Å². The third-order valence-corrected chi connectivity index (χ3v) is 4.15. The van der Waals surface area contributed by atoms with Crippen molar-refractivity contribution >= 4 is 23.0 Å². The highest BCUT2D eigenvalue weighted by Crippen LogP contribution is 2.32. The van der Waals surface area contributed by atoms with Gasteiger partial charge >= 0.3 is 0 Å². The Morgan fingerprint density at radius 2 is 2.25 bits per heavy atom. The quantitative estimate of drug-likeness (QED) is 0.651. The zero-order valence-electron chi connectivity index (χ0n) is 11.4. The molecule has 110 valence electrons. The summed E-state index contributed by atoms with van der Waals surface area (Å²) in [5.74, 6) is 0.430. The number of hydrogen-bond donors (Lipinski definition) is 1. The van der Waals surface area contributed by atoms with Gasteiger partial charge in [-0.3, -0.25) is 10.1 Å². The second-order valence-electron chi connectivity index (χ2n) is 5.56. The number of benzene rings is 1. The largest absolute Gasteiger partial charge is 0.379 e. The van der Waals surface area contributed by atoms with Crippen molar-refractivity contribution in [3.8, 4) is 0 Å². The minimum absolute atomic E-state index is 0.102. The lowest BCUT2D eigenvalue weighted by molar-refractivity contribution is -0.384. The van der Waals surface area contributed by atoms with E-state index in [0.29, 0.717) is 24.1 Å². The Hall–Kier alpha value is -1.36. The highest BCUT2D eigenvalue weighted by Gasteiger charge is 2.21. The molecule has 20 heavy (non-hydrogen) atoms. The van der Waals surface area contributed by atoms with E-state index < -0.39 is 10.7 Å². The molecule has 0 aliphatic heterocycles. The molecule has 1 aromatic carbocycles. The van der Waals surface area contributed by atoms with Gasteiger partial charge in [0, 0.05) is 6.54 Å². The molecular formula is C14H18ClFN2O2. The molecule has 6 heteroatoms. The molecule has 2 rings (SSSR count). The summed E-state index contributed by atoms with van der Waals surface area (Å²) in [5, 5.41) is 13.9. The number of nitro groups is 1. The van der Waals surface area contributed by atoms with E-state index in [2.05, 4.69) is 12.2 Å². The third kappa shape index (κ3) is 3.60. The molecule has 0 aromatic heterocycles. The zero-order valence-corrected chi connectivity index (χ0v) is 12.1. The van der Waals surface area contributed by atoms with Crippen LogP contribution in [0.1, 0.15) is 32.6 Å². The van der Waals surface area contributed by atoms with E-state index in [-0.39, 0.29) is 10.7 Å². The fourth-order valence-electron chi connectivity index (χ4n) is 2.83. The predicted octanol–water partition coefficient (Wildman–Crippen LogP) is 4.63. The molecule has 1 aliphatic rings. The maximum absolute atomic E-state index is 13.3. The normalized spacial score (nSPS) is 22.6. The molecule has 2 unspecified atom stereocenters. The van der Waals surface area contributed by atoms with Crippen LogP contribution >= 0.6 is 11.6 Å². The van der Waals surface area contributed by atoms with Crippen LogP contribution in [0.2, 0.25) is 5.02 Å². The summed E-state index contributed by atoms with van der Waals surface area (Å²) in [6.45, 7) is 2.89. The van der Waals surface area contributed by atoms with E-state index >= 15 is 0 Å². The van der Waals surface area contributed by atoms with Crippen molar-refractivity contribution < 1.29 is 9.31 Å². The summed E-state index contributed by atoms with van der Waals surface area (Å²) in [4.78, 5) is 10.4. The average Bonchev–Trinajstić information content (AvgIpc) is 2.39. The zero-order chi connectivity index (χ0) is 14.7. The fraction of sp³-hybridized carbons (Fsp3) is 0.571. The van der Waals surface area contributed by atoms with E-state index in [4.69, 9.17) is 11.6 Å². The molecular weight excluding hydrogens is 283 g/mol. The smallest absolute Gasteiger partial charge is 0.295 e. The topological polar surface area (TPSA) is 55.2 Å². The standard InChI is InChI=1S/C14H18ClFN2O2/c1-9-3-2-4-10(5-9)8-17-13-6-11(15)12(16)7-14(13)18(19)20/h6-7,9-10,17H,2-5,8H2,1H3. The number of rotatable bonds is 4. The van der Waals surface area contributed by atoms with Gasteiger partial charge in [0.25, 0.3) is 5.69 Å². The van der Waals surface area contributed by atoms with Crippen LogP contribution in [0.3, 0.4) is 0 Å². The van der Waals surface area contributed by atoms with Gasteiger partial charge in [0.2, 0.25) is 0 Å². The number of anilines is 1. The Balaban J connectivity index is 2.08. The van der Waals surface area contributed by atoms with Crippen LogP contribution in [0.4, 0.5) is 15.8 Å². The summed E-state index contributed by atoms with van der Waals surface area (Å²) in [6.07, 6.45) is 4.69. The Bertz CT molecular complexity index is 510. The number of nitro benzene ring substituents is 1. The Morgan fingerprint density at radius 1 is 1.50 bits per heavy atom. The van der Waals surface area contributed by atoms with E-state index in [1.165, 1.54) is 18.9 Å². The van der Waals surface area contributed by atoms with Crippen molar-refractivity contribution in [1.82, 2.24) is 0 Å². The number of hydrogen-bond acceptors (Lipinski definition) is 3. The van der Waals surface area contributed by atoms with E-state index in [9.17, 15) is 14.5 Å².